The summed E-state index contributed by atoms with van der Waals surface area (Å²) in [6, 6.07) is 12.7. The Morgan fingerprint density at radius 2 is 1.91 bits per heavy atom. The van der Waals surface area contributed by atoms with Crippen molar-refractivity contribution in [1.82, 2.24) is 5.32 Å². The second-order valence-electron chi connectivity index (χ2n) is 5.72. The van der Waals surface area contributed by atoms with Crippen LogP contribution in [-0.4, -0.2) is 19.0 Å². The number of nitrogens with zero attached hydrogens (tertiary/aromatic N) is 1. The van der Waals surface area contributed by atoms with Crippen molar-refractivity contribution in [3.05, 3.63) is 52.2 Å². The summed E-state index contributed by atoms with van der Waals surface area (Å²) in [4.78, 5) is 15.6. The van der Waals surface area contributed by atoms with Gasteiger partial charge in [-0.15, -0.1) is 11.3 Å². The molecule has 0 aliphatic carbocycles. The molecule has 0 radical (unpaired) electrons. The van der Waals surface area contributed by atoms with E-state index in [1.807, 2.05) is 6.07 Å². The van der Waals surface area contributed by atoms with Crippen LogP contribution in [0.15, 0.2) is 41.8 Å². The van der Waals surface area contributed by atoms with Gasteiger partial charge in [-0.3, -0.25) is 4.79 Å². The molecule has 22 heavy (non-hydrogen) atoms. The first-order valence-corrected chi connectivity index (χ1v) is 8.82. The molecule has 1 aromatic carbocycles. The Balaban J connectivity index is 1.43. The van der Waals surface area contributed by atoms with Crippen LogP contribution in [0.4, 0.5) is 5.69 Å². The first kappa shape index (κ1) is 15.1. The molecule has 1 aliphatic heterocycles. The zero-order valence-electron chi connectivity index (χ0n) is 12.8. The van der Waals surface area contributed by atoms with E-state index in [-0.39, 0.29) is 5.91 Å². The van der Waals surface area contributed by atoms with Gasteiger partial charge in [-0.05, 0) is 48.4 Å². The lowest BCUT2D eigenvalue weighted by Gasteiger charge is -2.17. The zero-order chi connectivity index (χ0) is 15.2. The van der Waals surface area contributed by atoms with Crippen molar-refractivity contribution in [3.8, 4) is 0 Å². The van der Waals surface area contributed by atoms with Crippen LogP contribution in [-0.2, 0) is 17.8 Å². The molecule has 0 unspecified atom stereocenters. The van der Waals surface area contributed by atoms with Gasteiger partial charge in [0.25, 0.3) is 0 Å². The predicted molar refractivity (Wildman–Crippen MR) is 92.4 cm³/mol. The van der Waals surface area contributed by atoms with Crippen LogP contribution in [0.3, 0.4) is 0 Å². The largest absolute Gasteiger partial charge is 0.372 e. The lowest BCUT2D eigenvalue weighted by atomic mass is 10.2. The number of thiophene rings is 1. The van der Waals surface area contributed by atoms with Gasteiger partial charge in [-0.2, -0.15) is 0 Å². The third-order valence-corrected chi connectivity index (χ3v) is 5.01. The molecule has 3 rings (SSSR count). The second kappa shape index (κ2) is 7.45. The van der Waals surface area contributed by atoms with Crippen LogP contribution in [0, 0.1) is 0 Å². The summed E-state index contributed by atoms with van der Waals surface area (Å²) in [7, 11) is 0. The molecule has 0 saturated carbocycles. The number of carbonyl (C=O) groups excluding carboxylic acids is 1. The minimum atomic E-state index is 0.122. The smallest absolute Gasteiger partial charge is 0.220 e. The van der Waals surface area contributed by atoms with E-state index in [2.05, 4.69) is 45.9 Å². The van der Waals surface area contributed by atoms with Gasteiger partial charge >= 0.3 is 0 Å². The highest BCUT2D eigenvalue weighted by Gasteiger charge is 2.11. The number of rotatable bonds is 6. The number of amides is 1. The predicted octanol–water partition coefficient (Wildman–Crippen LogP) is 3.60. The average Bonchev–Trinajstić information content (AvgIpc) is 3.24. The highest BCUT2D eigenvalue weighted by atomic mass is 32.1. The molecule has 2 heterocycles. The van der Waals surface area contributed by atoms with Gasteiger partial charge in [0.2, 0.25) is 5.91 Å². The summed E-state index contributed by atoms with van der Waals surface area (Å²) >= 11 is 1.71. The fourth-order valence-electron chi connectivity index (χ4n) is 2.78. The zero-order valence-corrected chi connectivity index (χ0v) is 13.6. The molecular formula is C18H22N2OS. The van der Waals surface area contributed by atoms with E-state index in [1.165, 1.54) is 36.5 Å². The first-order chi connectivity index (χ1) is 10.8. The van der Waals surface area contributed by atoms with E-state index in [0.717, 1.165) is 12.0 Å². The van der Waals surface area contributed by atoms with Crippen molar-refractivity contribution < 1.29 is 4.79 Å². The molecule has 4 heteroatoms. The van der Waals surface area contributed by atoms with E-state index < -0.39 is 0 Å². The van der Waals surface area contributed by atoms with E-state index >= 15 is 0 Å². The maximum atomic E-state index is 11.9. The quantitative estimate of drug-likeness (QED) is 0.883. The maximum Gasteiger partial charge on any atom is 0.220 e. The van der Waals surface area contributed by atoms with Crippen molar-refractivity contribution in [2.75, 3.05) is 18.0 Å². The summed E-state index contributed by atoms with van der Waals surface area (Å²) in [6.07, 6.45) is 3.98. The molecule has 1 aliphatic rings. The number of nitrogens with one attached hydrogen (secondary N) is 1. The van der Waals surface area contributed by atoms with Crippen LogP contribution in [0.5, 0.6) is 0 Å². The minimum absolute atomic E-state index is 0.122. The van der Waals surface area contributed by atoms with Crippen molar-refractivity contribution in [1.29, 1.82) is 0 Å². The number of carbonyl (C=O) groups is 1. The van der Waals surface area contributed by atoms with Crippen LogP contribution in [0.2, 0.25) is 0 Å². The number of hydrogen-bond acceptors (Lipinski definition) is 3. The van der Waals surface area contributed by atoms with Crippen molar-refractivity contribution in [2.45, 2.75) is 32.2 Å². The number of anilines is 1. The molecule has 0 bridgehead atoms. The Morgan fingerprint density at radius 1 is 1.14 bits per heavy atom. The van der Waals surface area contributed by atoms with Gasteiger partial charge in [-0.1, -0.05) is 18.2 Å². The highest BCUT2D eigenvalue weighted by molar-refractivity contribution is 7.09. The van der Waals surface area contributed by atoms with Gasteiger partial charge in [0.1, 0.15) is 0 Å². The van der Waals surface area contributed by atoms with Crippen LogP contribution in [0.25, 0.3) is 0 Å². The Bertz CT molecular complexity index is 586. The normalized spacial score (nSPS) is 14.3. The van der Waals surface area contributed by atoms with E-state index in [9.17, 15) is 4.79 Å². The van der Waals surface area contributed by atoms with Gasteiger partial charge in [0.15, 0.2) is 0 Å². The molecule has 3 nitrogen and oxygen atoms in total. The third kappa shape index (κ3) is 4.10. The molecule has 1 fully saturated rings. The monoisotopic (exact) mass is 314 g/mol. The van der Waals surface area contributed by atoms with Crippen LogP contribution < -0.4 is 10.2 Å². The van der Waals surface area contributed by atoms with E-state index in [0.29, 0.717) is 13.0 Å². The molecule has 1 saturated heterocycles. The summed E-state index contributed by atoms with van der Waals surface area (Å²) in [5, 5.41) is 5.05. The lowest BCUT2D eigenvalue weighted by Crippen LogP contribution is -2.23. The molecule has 116 valence electrons. The van der Waals surface area contributed by atoms with Crippen molar-refractivity contribution >= 4 is 22.9 Å². The average molecular weight is 314 g/mol. The molecule has 1 amide bonds. The van der Waals surface area contributed by atoms with Gasteiger partial charge < -0.3 is 10.2 Å². The highest BCUT2D eigenvalue weighted by Crippen LogP contribution is 2.20. The van der Waals surface area contributed by atoms with Crippen LogP contribution in [0.1, 0.15) is 29.7 Å². The second-order valence-corrected chi connectivity index (χ2v) is 6.75. The van der Waals surface area contributed by atoms with Gasteiger partial charge in [0, 0.05) is 36.6 Å². The van der Waals surface area contributed by atoms with Crippen molar-refractivity contribution in [2.24, 2.45) is 0 Å². The Hall–Kier alpha value is -1.81. The summed E-state index contributed by atoms with van der Waals surface area (Å²) < 4.78 is 0. The molecule has 0 spiro atoms. The van der Waals surface area contributed by atoms with Gasteiger partial charge in [0.05, 0.1) is 0 Å². The number of aryl methyl sites for hydroxylation is 1. The van der Waals surface area contributed by atoms with Crippen molar-refractivity contribution in [3.63, 3.8) is 0 Å². The summed E-state index contributed by atoms with van der Waals surface area (Å²) in [5.41, 5.74) is 2.46. The Kier molecular flexibility index (Phi) is 5.11. The number of hydrogen-bond donors (Lipinski definition) is 1. The Labute approximate surface area is 136 Å². The third-order valence-electron chi connectivity index (χ3n) is 4.08. The fourth-order valence-corrected chi connectivity index (χ4v) is 3.49. The first-order valence-electron chi connectivity index (χ1n) is 7.94. The Morgan fingerprint density at radius 3 is 2.59 bits per heavy atom. The number of benzene rings is 1. The minimum Gasteiger partial charge on any atom is -0.372 e. The van der Waals surface area contributed by atoms with E-state index in [4.69, 9.17) is 0 Å². The molecular weight excluding hydrogens is 292 g/mol. The van der Waals surface area contributed by atoms with E-state index in [1.54, 1.807) is 11.3 Å². The fraction of sp³-hybridized carbons (Fsp3) is 0.389. The standard InChI is InChI=1S/C18H22N2OS/c21-18(10-9-17-4-3-13-22-17)19-14-15-5-7-16(8-6-15)20-11-1-2-12-20/h3-8,13H,1-2,9-12,14H2,(H,19,21). The summed E-state index contributed by atoms with van der Waals surface area (Å²) in [5.74, 6) is 0.122. The molecule has 1 N–H and O–H groups in total. The maximum absolute atomic E-state index is 11.9. The molecule has 1 aromatic heterocycles. The molecule has 2 aromatic rings. The summed E-state index contributed by atoms with van der Waals surface area (Å²) in [6.45, 7) is 2.95. The van der Waals surface area contributed by atoms with Crippen LogP contribution >= 0.6 is 11.3 Å². The van der Waals surface area contributed by atoms with Gasteiger partial charge in [-0.25, -0.2) is 0 Å². The SMILES string of the molecule is O=C(CCc1cccs1)NCc1ccc(N2CCCC2)cc1. The topological polar surface area (TPSA) is 32.3 Å². The lowest BCUT2D eigenvalue weighted by molar-refractivity contribution is -0.121. The molecule has 0 atom stereocenters.